The second kappa shape index (κ2) is 7.91. The average molecular weight is 375 g/mol. The smallest absolute Gasteiger partial charge is 0.253 e. The van der Waals surface area contributed by atoms with Gasteiger partial charge in [0.1, 0.15) is 0 Å². The minimum atomic E-state index is -3.46. The van der Waals surface area contributed by atoms with E-state index in [2.05, 4.69) is 11.4 Å². The van der Waals surface area contributed by atoms with Crippen LogP contribution in [0.1, 0.15) is 46.4 Å². The molecule has 1 atom stereocenters. The van der Waals surface area contributed by atoms with E-state index in [4.69, 9.17) is 0 Å². The van der Waals surface area contributed by atoms with E-state index >= 15 is 0 Å². The van der Waals surface area contributed by atoms with E-state index in [0.29, 0.717) is 11.3 Å². The van der Waals surface area contributed by atoms with Gasteiger partial charge in [-0.25, -0.2) is 8.42 Å². The van der Waals surface area contributed by atoms with E-state index in [0.717, 1.165) is 28.1 Å². The number of carbonyl (C=O) groups is 1. The monoisotopic (exact) mass is 374 g/mol. The third-order valence-electron chi connectivity index (χ3n) is 4.50. The first-order chi connectivity index (χ1) is 12.1. The molecule has 140 valence electrons. The number of carbonyl (C=O) groups excluding carboxylic acids is 1. The molecule has 0 radical (unpaired) electrons. The van der Waals surface area contributed by atoms with Gasteiger partial charge in [-0.2, -0.15) is 0 Å². The summed E-state index contributed by atoms with van der Waals surface area (Å²) in [6.45, 7) is 6.08. The molecule has 6 heteroatoms. The third-order valence-corrected chi connectivity index (χ3v) is 5.69. The quantitative estimate of drug-likeness (QED) is 0.840. The molecule has 0 fully saturated rings. The second-order valence-electron chi connectivity index (χ2n) is 6.54. The molecule has 0 aliphatic rings. The van der Waals surface area contributed by atoms with Gasteiger partial charge >= 0.3 is 0 Å². The van der Waals surface area contributed by atoms with Gasteiger partial charge in [-0.1, -0.05) is 42.8 Å². The largest absolute Gasteiger partial charge is 0.345 e. The van der Waals surface area contributed by atoms with E-state index in [1.54, 1.807) is 24.3 Å². The van der Waals surface area contributed by atoms with Crippen molar-refractivity contribution in [3.8, 4) is 0 Å². The third kappa shape index (κ3) is 4.43. The highest BCUT2D eigenvalue weighted by atomic mass is 32.2. The maximum absolute atomic E-state index is 12.9. The van der Waals surface area contributed by atoms with Crippen molar-refractivity contribution in [2.45, 2.75) is 33.2 Å². The lowest BCUT2D eigenvalue weighted by atomic mass is 9.97. The zero-order valence-electron chi connectivity index (χ0n) is 15.9. The normalized spacial score (nSPS) is 12.5. The van der Waals surface area contributed by atoms with Gasteiger partial charge in [0.25, 0.3) is 5.91 Å². The van der Waals surface area contributed by atoms with Crippen LogP contribution in [0.3, 0.4) is 0 Å². The van der Waals surface area contributed by atoms with Crippen LogP contribution in [-0.2, 0) is 10.0 Å². The number of amides is 1. The topological polar surface area (TPSA) is 66.5 Å². The summed E-state index contributed by atoms with van der Waals surface area (Å²) in [5.41, 5.74) is 4.07. The predicted molar refractivity (Wildman–Crippen MR) is 106 cm³/mol. The first kappa shape index (κ1) is 20.0. The predicted octanol–water partition coefficient (Wildman–Crippen LogP) is 3.58. The van der Waals surface area contributed by atoms with Crippen molar-refractivity contribution in [1.29, 1.82) is 0 Å². The van der Waals surface area contributed by atoms with Crippen LogP contribution in [0.5, 0.6) is 0 Å². The van der Waals surface area contributed by atoms with Crippen LogP contribution < -0.4 is 9.62 Å². The molecule has 0 unspecified atom stereocenters. The Morgan fingerprint density at radius 2 is 1.81 bits per heavy atom. The van der Waals surface area contributed by atoms with Crippen molar-refractivity contribution in [2.75, 3.05) is 17.6 Å². The van der Waals surface area contributed by atoms with Crippen LogP contribution >= 0.6 is 0 Å². The van der Waals surface area contributed by atoms with Crippen LogP contribution in [0.4, 0.5) is 5.69 Å². The summed E-state index contributed by atoms with van der Waals surface area (Å²) in [6, 6.07) is 12.7. The van der Waals surface area contributed by atoms with E-state index in [1.807, 2.05) is 32.9 Å². The Morgan fingerprint density at radius 3 is 2.38 bits per heavy atom. The van der Waals surface area contributed by atoms with Crippen molar-refractivity contribution in [3.05, 3.63) is 64.7 Å². The first-order valence-corrected chi connectivity index (χ1v) is 10.4. The number of para-hydroxylation sites is 1. The number of nitrogens with one attached hydrogen (secondary N) is 1. The molecule has 2 rings (SSSR count). The summed E-state index contributed by atoms with van der Waals surface area (Å²) >= 11 is 0. The molecule has 2 aromatic carbocycles. The molecule has 2 aromatic rings. The van der Waals surface area contributed by atoms with Crippen molar-refractivity contribution in [2.24, 2.45) is 0 Å². The summed E-state index contributed by atoms with van der Waals surface area (Å²) in [5, 5.41) is 3.05. The zero-order valence-corrected chi connectivity index (χ0v) is 16.7. The molecule has 0 aliphatic carbocycles. The fourth-order valence-corrected chi connectivity index (χ4v) is 3.49. The Kier molecular flexibility index (Phi) is 6.08. The molecule has 1 amide bonds. The highest BCUT2D eigenvalue weighted by Crippen LogP contribution is 2.25. The van der Waals surface area contributed by atoms with E-state index in [9.17, 15) is 13.2 Å². The molecule has 0 aliphatic heterocycles. The number of benzene rings is 2. The number of nitrogens with zero attached hydrogens (tertiary/aromatic N) is 1. The van der Waals surface area contributed by atoms with Crippen molar-refractivity contribution >= 4 is 21.6 Å². The summed E-state index contributed by atoms with van der Waals surface area (Å²) in [5.74, 6) is -0.289. The molecule has 26 heavy (non-hydrogen) atoms. The van der Waals surface area contributed by atoms with Crippen LogP contribution in [-0.4, -0.2) is 27.6 Å². The molecule has 1 N–H and O–H groups in total. The number of hydrogen-bond acceptors (Lipinski definition) is 3. The Balaban J connectivity index is 2.35. The van der Waals surface area contributed by atoms with Gasteiger partial charge in [-0.3, -0.25) is 9.10 Å². The molecule has 0 aromatic heterocycles. The summed E-state index contributed by atoms with van der Waals surface area (Å²) in [7, 11) is -2.01. The lowest BCUT2D eigenvalue weighted by Crippen LogP contribution is -2.32. The number of anilines is 1. The minimum absolute atomic E-state index is 0.139. The number of sulfonamides is 1. The van der Waals surface area contributed by atoms with Gasteiger partial charge in [0.15, 0.2) is 0 Å². The Bertz CT molecular complexity index is 907. The van der Waals surface area contributed by atoms with Gasteiger partial charge in [0.05, 0.1) is 23.5 Å². The molecule has 0 heterocycles. The molecule has 0 saturated carbocycles. The summed E-state index contributed by atoms with van der Waals surface area (Å²) in [6.07, 6.45) is 1.85. The Hall–Kier alpha value is -2.34. The highest BCUT2D eigenvalue weighted by molar-refractivity contribution is 7.92. The van der Waals surface area contributed by atoms with Crippen molar-refractivity contribution in [1.82, 2.24) is 5.32 Å². The van der Waals surface area contributed by atoms with Crippen LogP contribution in [0.15, 0.2) is 42.5 Å². The number of aryl methyl sites for hydroxylation is 2. The maximum Gasteiger partial charge on any atom is 0.253 e. The minimum Gasteiger partial charge on any atom is -0.345 e. The lowest BCUT2D eigenvalue weighted by molar-refractivity contribution is 0.0936. The average Bonchev–Trinajstić information content (AvgIpc) is 2.58. The fraction of sp³-hybridized carbons (Fsp3) is 0.350. The number of hydrogen-bond donors (Lipinski definition) is 1. The van der Waals surface area contributed by atoms with Gasteiger partial charge in [0, 0.05) is 7.05 Å². The SMILES string of the molecule is CC[C@@H](NC(=O)c1ccccc1N(C)S(C)(=O)=O)c1ccc(C)cc1C. The standard InChI is InChI=1S/C20H26N2O3S/c1-6-18(16-12-11-14(2)13-15(16)3)21-20(23)17-9-7-8-10-19(17)22(4)26(5,24)25/h7-13,18H,6H2,1-5H3,(H,21,23)/t18-/m1/s1. The van der Waals surface area contributed by atoms with Gasteiger partial charge in [-0.15, -0.1) is 0 Å². The van der Waals surface area contributed by atoms with Crippen molar-refractivity contribution < 1.29 is 13.2 Å². The van der Waals surface area contributed by atoms with E-state index < -0.39 is 10.0 Å². The number of rotatable bonds is 6. The van der Waals surface area contributed by atoms with E-state index in [-0.39, 0.29) is 11.9 Å². The Morgan fingerprint density at radius 1 is 1.15 bits per heavy atom. The van der Waals surface area contributed by atoms with E-state index in [1.165, 1.54) is 12.6 Å². The first-order valence-electron chi connectivity index (χ1n) is 8.56. The Labute approximate surface area is 156 Å². The molecular formula is C20H26N2O3S. The van der Waals surface area contributed by atoms with Crippen LogP contribution in [0.2, 0.25) is 0 Å². The molecular weight excluding hydrogens is 348 g/mol. The van der Waals surface area contributed by atoms with Crippen LogP contribution in [0, 0.1) is 13.8 Å². The molecule has 0 spiro atoms. The molecule has 0 bridgehead atoms. The van der Waals surface area contributed by atoms with Gasteiger partial charge < -0.3 is 5.32 Å². The second-order valence-corrected chi connectivity index (χ2v) is 8.56. The van der Waals surface area contributed by atoms with Crippen LogP contribution in [0.25, 0.3) is 0 Å². The molecule has 5 nitrogen and oxygen atoms in total. The molecule has 0 saturated heterocycles. The van der Waals surface area contributed by atoms with Crippen molar-refractivity contribution in [3.63, 3.8) is 0 Å². The zero-order chi connectivity index (χ0) is 19.5. The van der Waals surface area contributed by atoms with Gasteiger partial charge in [-0.05, 0) is 43.5 Å². The highest BCUT2D eigenvalue weighted by Gasteiger charge is 2.22. The summed E-state index contributed by atoms with van der Waals surface area (Å²) in [4.78, 5) is 12.9. The van der Waals surface area contributed by atoms with Gasteiger partial charge in [0.2, 0.25) is 10.0 Å². The lowest BCUT2D eigenvalue weighted by Gasteiger charge is -2.23. The maximum atomic E-state index is 12.9. The summed E-state index contributed by atoms with van der Waals surface area (Å²) < 4.78 is 24.9. The fourth-order valence-electron chi connectivity index (χ4n) is 2.97.